The molecule has 1 aliphatic heterocycles. The first kappa shape index (κ1) is 15.9. The summed E-state index contributed by atoms with van der Waals surface area (Å²) in [7, 11) is -2.76. The molecule has 0 saturated carbocycles. The first-order valence-electron chi connectivity index (χ1n) is 7.09. The fraction of sp³-hybridized carbons (Fsp3) is 1.00. The van der Waals surface area contributed by atoms with Crippen molar-refractivity contribution in [3.05, 3.63) is 0 Å². The van der Waals surface area contributed by atoms with Gasteiger partial charge in [-0.1, -0.05) is 13.8 Å². The summed E-state index contributed by atoms with van der Waals surface area (Å²) < 4.78 is 28.5. The van der Waals surface area contributed by atoms with Crippen LogP contribution in [0.15, 0.2) is 0 Å². The molecular formula is C13H27NO3S. The first-order chi connectivity index (χ1) is 8.57. The second-order valence-electron chi connectivity index (χ2n) is 5.23. The number of hydrogen-bond donors (Lipinski definition) is 1. The topological polar surface area (TPSA) is 55.4 Å². The Morgan fingerprint density at radius 3 is 2.67 bits per heavy atom. The predicted molar refractivity (Wildman–Crippen MR) is 74.6 cm³/mol. The van der Waals surface area contributed by atoms with Gasteiger partial charge < -0.3 is 10.1 Å². The third kappa shape index (κ3) is 6.16. The molecule has 0 radical (unpaired) electrons. The maximum absolute atomic E-state index is 11.4. The minimum Gasteiger partial charge on any atom is -0.380 e. The molecule has 0 aliphatic carbocycles. The third-order valence-corrected chi connectivity index (χ3v) is 5.13. The molecule has 108 valence electrons. The number of hydrogen-bond acceptors (Lipinski definition) is 4. The van der Waals surface area contributed by atoms with Crippen LogP contribution in [0.5, 0.6) is 0 Å². The highest BCUT2D eigenvalue weighted by atomic mass is 32.2. The molecule has 2 unspecified atom stereocenters. The zero-order valence-electron chi connectivity index (χ0n) is 11.7. The zero-order valence-corrected chi connectivity index (χ0v) is 12.5. The maximum Gasteiger partial charge on any atom is 0.150 e. The third-order valence-electron chi connectivity index (χ3n) is 3.30. The van der Waals surface area contributed by atoms with Gasteiger partial charge >= 0.3 is 0 Å². The molecule has 1 aliphatic rings. The summed E-state index contributed by atoms with van der Waals surface area (Å²) in [6, 6.07) is 0.301. The van der Waals surface area contributed by atoms with Crippen molar-refractivity contribution in [3.8, 4) is 0 Å². The van der Waals surface area contributed by atoms with E-state index in [9.17, 15) is 8.42 Å². The maximum atomic E-state index is 11.4. The van der Waals surface area contributed by atoms with Gasteiger partial charge in [0, 0.05) is 12.6 Å². The Bertz CT molecular complexity index is 316. The van der Waals surface area contributed by atoms with Gasteiger partial charge in [-0.05, 0) is 38.1 Å². The molecular weight excluding hydrogens is 250 g/mol. The minimum atomic E-state index is -2.76. The number of sulfone groups is 1. The van der Waals surface area contributed by atoms with Gasteiger partial charge in [-0.3, -0.25) is 0 Å². The van der Waals surface area contributed by atoms with Crippen LogP contribution in [-0.4, -0.2) is 45.7 Å². The lowest BCUT2D eigenvalue weighted by atomic mass is 9.99. The lowest BCUT2D eigenvalue weighted by Crippen LogP contribution is -2.36. The molecule has 0 aromatic carbocycles. The van der Waals surface area contributed by atoms with E-state index < -0.39 is 9.84 Å². The number of ether oxygens (including phenoxy) is 1. The molecule has 0 bridgehead atoms. The monoisotopic (exact) mass is 277 g/mol. The minimum absolute atomic E-state index is 0.301. The van der Waals surface area contributed by atoms with Gasteiger partial charge in [-0.2, -0.15) is 0 Å². The number of nitrogens with one attached hydrogen (secondary N) is 1. The Labute approximate surface area is 111 Å². The van der Waals surface area contributed by atoms with E-state index >= 15 is 0 Å². The molecule has 1 saturated heterocycles. The highest BCUT2D eigenvalue weighted by Gasteiger charge is 2.29. The van der Waals surface area contributed by atoms with Gasteiger partial charge in [0.2, 0.25) is 0 Å². The molecule has 0 amide bonds. The lowest BCUT2D eigenvalue weighted by molar-refractivity contribution is 0.105. The molecule has 4 nitrogen and oxygen atoms in total. The Hall–Kier alpha value is -0.130. The molecule has 5 heteroatoms. The zero-order chi connectivity index (χ0) is 13.4. The Kier molecular flexibility index (Phi) is 7.19. The summed E-state index contributed by atoms with van der Waals surface area (Å²) in [6.07, 6.45) is 3.86. The second kappa shape index (κ2) is 8.12. The largest absolute Gasteiger partial charge is 0.380 e. The van der Waals surface area contributed by atoms with Gasteiger partial charge in [0.05, 0.1) is 18.1 Å². The van der Waals surface area contributed by atoms with E-state index in [1.54, 1.807) is 0 Å². The normalized spacial score (nSPS) is 24.2. The molecule has 1 N–H and O–H groups in total. The first-order valence-corrected chi connectivity index (χ1v) is 8.91. The summed E-state index contributed by atoms with van der Waals surface area (Å²) in [5.41, 5.74) is 0. The second-order valence-corrected chi connectivity index (χ2v) is 7.46. The van der Waals surface area contributed by atoms with Crippen molar-refractivity contribution >= 4 is 9.84 Å². The van der Waals surface area contributed by atoms with Crippen molar-refractivity contribution in [3.63, 3.8) is 0 Å². The van der Waals surface area contributed by atoms with E-state index in [4.69, 9.17) is 4.74 Å². The van der Waals surface area contributed by atoms with Crippen LogP contribution in [0.25, 0.3) is 0 Å². The van der Waals surface area contributed by atoms with Crippen molar-refractivity contribution in [2.75, 3.05) is 31.3 Å². The van der Waals surface area contributed by atoms with E-state index in [1.807, 2.05) is 0 Å². The van der Waals surface area contributed by atoms with E-state index in [0.29, 0.717) is 30.1 Å². The lowest BCUT2D eigenvalue weighted by Gasteiger charge is -2.21. The summed E-state index contributed by atoms with van der Waals surface area (Å²) >= 11 is 0. The molecule has 2 atom stereocenters. The van der Waals surface area contributed by atoms with E-state index in [0.717, 1.165) is 38.8 Å². The van der Waals surface area contributed by atoms with Crippen LogP contribution in [0.1, 0.15) is 39.5 Å². The highest BCUT2D eigenvalue weighted by molar-refractivity contribution is 7.91. The fourth-order valence-electron chi connectivity index (χ4n) is 2.39. The van der Waals surface area contributed by atoms with Gasteiger partial charge in [0.1, 0.15) is 0 Å². The molecule has 0 aromatic rings. The molecule has 0 aromatic heterocycles. The molecule has 0 spiro atoms. The Morgan fingerprint density at radius 1 is 1.33 bits per heavy atom. The van der Waals surface area contributed by atoms with Crippen LogP contribution in [0.2, 0.25) is 0 Å². The SMILES string of the molecule is CCCNC(COCCC)CC1CCS(=O)(=O)C1. The van der Waals surface area contributed by atoms with Gasteiger partial charge in [-0.15, -0.1) is 0 Å². The van der Waals surface area contributed by atoms with Crippen LogP contribution in [0.4, 0.5) is 0 Å². The van der Waals surface area contributed by atoms with Crippen LogP contribution in [0.3, 0.4) is 0 Å². The standard InChI is InChI=1S/C13H27NO3S/c1-3-6-14-13(10-17-7-4-2)9-12-5-8-18(15,16)11-12/h12-14H,3-11H2,1-2H3. The van der Waals surface area contributed by atoms with E-state index in [2.05, 4.69) is 19.2 Å². The quantitative estimate of drug-likeness (QED) is 0.651. The van der Waals surface area contributed by atoms with Gasteiger partial charge in [0.15, 0.2) is 9.84 Å². The summed E-state index contributed by atoms with van der Waals surface area (Å²) in [4.78, 5) is 0. The Morgan fingerprint density at radius 2 is 2.11 bits per heavy atom. The van der Waals surface area contributed by atoms with Gasteiger partial charge in [0.25, 0.3) is 0 Å². The fourth-order valence-corrected chi connectivity index (χ4v) is 4.27. The van der Waals surface area contributed by atoms with Crippen LogP contribution >= 0.6 is 0 Å². The predicted octanol–water partition coefficient (Wildman–Crippen LogP) is 1.61. The summed E-state index contributed by atoms with van der Waals surface area (Å²) in [5, 5.41) is 3.46. The van der Waals surface area contributed by atoms with E-state index in [-0.39, 0.29) is 0 Å². The van der Waals surface area contributed by atoms with Crippen molar-refractivity contribution in [1.29, 1.82) is 0 Å². The van der Waals surface area contributed by atoms with Crippen LogP contribution in [-0.2, 0) is 14.6 Å². The van der Waals surface area contributed by atoms with Crippen molar-refractivity contribution < 1.29 is 13.2 Å². The van der Waals surface area contributed by atoms with Crippen molar-refractivity contribution in [1.82, 2.24) is 5.32 Å². The number of rotatable bonds is 9. The summed E-state index contributed by atoms with van der Waals surface area (Å²) in [5.74, 6) is 1.05. The van der Waals surface area contributed by atoms with Crippen LogP contribution in [0, 0.1) is 5.92 Å². The molecule has 1 fully saturated rings. The van der Waals surface area contributed by atoms with Crippen molar-refractivity contribution in [2.24, 2.45) is 5.92 Å². The van der Waals surface area contributed by atoms with E-state index in [1.165, 1.54) is 0 Å². The summed E-state index contributed by atoms with van der Waals surface area (Å²) in [6.45, 7) is 6.69. The van der Waals surface area contributed by atoms with Gasteiger partial charge in [-0.25, -0.2) is 8.42 Å². The molecule has 1 rings (SSSR count). The smallest absolute Gasteiger partial charge is 0.150 e. The highest BCUT2D eigenvalue weighted by Crippen LogP contribution is 2.23. The van der Waals surface area contributed by atoms with Crippen LogP contribution < -0.4 is 5.32 Å². The van der Waals surface area contributed by atoms with Crippen molar-refractivity contribution in [2.45, 2.75) is 45.6 Å². The Balaban J connectivity index is 2.35. The average molecular weight is 277 g/mol. The molecule has 1 heterocycles. The average Bonchev–Trinajstić information content (AvgIpc) is 2.65. The molecule has 18 heavy (non-hydrogen) atoms.